The molecule has 6 heteroatoms. The molecule has 1 aliphatic heterocycles. The van der Waals surface area contributed by atoms with Crippen molar-refractivity contribution in [2.75, 3.05) is 24.6 Å². The molecule has 136 valence electrons. The molecule has 2 aromatic heterocycles. The number of pyridine rings is 1. The average molecular weight is 352 g/mol. The Bertz CT molecular complexity index is 891. The van der Waals surface area contributed by atoms with Crippen LogP contribution in [0.5, 0.6) is 5.75 Å². The number of hydrogen-bond acceptors (Lipinski definition) is 5. The number of morpholine rings is 1. The van der Waals surface area contributed by atoms with E-state index in [4.69, 9.17) is 9.47 Å². The van der Waals surface area contributed by atoms with Crippen LogP contribution in [0.15, 0.2) is 48.8 Å². The van der Waals surface area contributed by atoms with Crippen molar-refractivity contribution in [3.8, 4) is 5.75 Å². The Morgan fingerprint density at radius 2 is 2.04 bits per heavy atom. The van der Waals surface area contributed by atoms with Crippen LogP contribution < -0.4 is 9.64 Å². The first-order chi connectivity index (χ1) is 12.5. The fourth-order valence-corrected chi connectivity index (χ4v) is 3.58. The highest BCUT2D eigenvalue weighted by Gasteiger charge is 2.34. The number of nitrogens with zero attached hydrogens (tertiary/aromatic N) is 4. The Hall–Kier alpha value is -2.60. The lowest BCUT2D eigenvalue weighted by molar-refractivity contribution is -0.0969. The molecular weight excluding hydrogens is 328 g/mol. The van der Waals surface area contributed by atoms with E-state index in [1.807, 2.05) is 49.8 Å². The number of para-hydroxylation sites is 1. The SMILES string of the molecule is Cn1ncc2c(N3CC(COc4ccccc4)OC(C)(C)C3)ccnc21. The molecule has 0 radical (unpaired) electrons. The van der Waals surface area contributed by atoms with Gasteiger partial charge in [-0.1, -0.05) is 18.2 Å². The van der Waals surface area contributed by atoms with Crippen molar-refractivity contribution in [1.29, 1.82) is 0 Å². The quantitative estimate of drug-likeness (QED) is 0.722. The van der Waals surface area contributed by atoms with E-state index in [-0.39, 0.29) is 11.7 Å². The van der Waals surface area contributed by atoms with E-state index in [2.05, 4.69) is 34.9 Å². The summed E-state index contributed by atoms with van der Waals surface area (Å²) in [6.45, 7) is 6.34. The van der Waals surface area contributed by atoms with Gasteiger partial charge in [-0.3, -0.25) is 4.68 Å². The molecule has 6 nitrogen and oxygen atoms in total. The fraction of sp³-hybridized carbons (Fsp3) is 0.400. The molecule has 0 spiro atoms. The van der Waals surface area contributed by atoms with Crippen molar-refractivity contribution in [2.45, 2.75) is 25.6 Å². The standard InChI is InChI=1S/C20H24N4O2/c1-20(2)14-24(18-9-10-21-19-17(18)11-22-23(19)3)12-16(26-20)13-25-15-7-5-4-6-8-15/h4-11,16H,12-14H2,1-3H3. The van der Waals surface area contributed by atoms with E-state index < -0.39 is 0 Å². The summed E-state index contributed by atoms with van der Waals surface area (Å²) < 4.78 is 14.0. The maximum absolute atomic E-state index is 6.26. The van der Waals surface area contributed by atoms with Crippen LogP contribution in [0.25, 0.3) is 11.0 Å². The Balaban J connectivity index is 1.56. The fourth-order valence-electron chi connectivity index (χ4n) is 3.58. The Kier molecular flexibility index (Phi) is 4.28. The van der Waals surface area contributed by atoms with Crippen molar-refractivity contribution in [2.24, 2.45) is 7.05 Å². The first kappa shape index (κ1) is 16.8. The van der Waals surface area contributed by atoms with Gasteiger partial charge >= 0.3 is 0 Å². The predicted molar refractivity (Wildman–Crippen MR) is 102 cm³/mol. The lowest BCUT2D eigenvalue weighted by Gasteiger charge is -2.43. The van der Waals surface area contributed by atoms with E-state index in [9.17, 15) is 0 Å². The molecule has 0 N–H and O–H groups in total. The van der Waals surface area contributed by atoms with Crippen molar-refractivity contribution < 1.29 is 9.47 Å². The monoisotopic (exact) mass is 352 g/mol. The lowest BCUT2D eigenvalue weighted by atomic mass is 10.0. The third-order valence-electron chi connectivity index (χ3n) is 4.61. The molecule has 1 unspecified atom stereocenters. The minimum atomic E-state index is -0.263. The summed E-state index contributed by atoms with van der Waals surface area (Å²) in [5, 5.41) is 5.42. The normalized spacial score (nSPS) is 19.7. The summed E-state index contributed by atoms with van der Waals surface area (Å²) in [7, 11) is 1.92. The van der Waals surface area contributed by atoms with Crippen LogP contribution in [-0.4, -0.2) is 46.2 Å². The minimum Gasteiger partial charge on any atom is -0.491 e. The van der Waals surface area contributed by atoms with Gasteiger partial charge in [0.1, 0.15) is 18.5 Å². The number of aryl methyl sites for hydroxylation is 1. The van der Waals surface area contributed by atoms with E-state index in [1.54, 1.807) is 4.68 Å². The van der Waals surface area contributed by atoms with Gasteiger partial charge in [0, 0.05) is 26.3 Å². The predicted octanol–water partition coefficient (Wildman–Crippen LogP) is 3.03. The number of fused-ring (bicyclic) bond motifs is 1. The van der Waals surface area contributed by atoms with E-state index in [0.717, 1.165) is 35.6 Å². The largest absolute Gasteiger partial charge is 0.491 e. The second-order valence-corrected chi connectivity index (χ2v) is 7.34. The molecule has 1 saturated heterocycles. The zero-order valence-corrected chi connectivity index (χ0v) is 15.4. The van der Waals surface area contributed by atoms with Gasteiger partial charge in [-0.15, -0.1) is 0 Å². The van der Waals surface area contributed by atoms with Gasteiger partial charge in [0.15, 0.2) is 5.65 Å². The highest BCUT2D eigenvalue weighted by atomic mass is 16.5. The second kappa shape index (κ2) is 6.61. The molecule has 1 atom stereocenters. The lowest BCUT2D eigenvalue weighted by Crippen LogP contribution is -2.54. The van der Waals surface area contributed by atoms with Crippen molar-refractivity contribution in [3.05, 3.63) is 48.8 Å². The zero-order valence-electron chi connectivity index (χ0n) is 15.4. The maximum atomic E-state index is 6.26. The highest BCUT2D eigenvalue weighted by Crippen LogP contribution is 2.31. The van der Waals surface area contributed by atoms with Gasteiger partial charge in [-0.2, -0.15) is 5.10 Å². The van der Waals surface area contributed by atoms with Crippen LogP contribution in [0, 0.1) is 0 Å². The van der Waals surface area contributed by atoms with Crippen LogP contribution in [0.2, 0.25) is 0 Å². The third-order valence-corrected chi connectivity index (χ3v) is 4.61. The minimum absolute atomic E-state index is 0.0150. The second-order valence-electron chi connectivity index (χ2n) is 7.34. The van der Waals surface area contributed by atoms with E-state index >= 15 is 0 Å². The van der Waals surface area contributed by atoms with Gasteiger partial charge in [0.05, 0.1) is 22.9 Å². The van der Waals surface area contributed by atoms with Crippen LogP contribution in [0.3, 0.4) is 0 Å². The number of benzene rings is 1. The molecule has 0 amide bonds. The third kappa shape index (κ3) is 3.37. The Morgan fingerprint density at radius 1 is 1.23 bits per heavy atom. The van der Waals surface area contributed by atoms with Gasteiger partial charge in [0.2, 0.25) is 0 Å². The first-order valence-corrected chi connectivity index (χ1v) is 8.89. The molecular formula is C20H24N4O2. The molecule has 3 aromatic rings. The van der Waals surface area contributed by atoms with Crippen molar-refractivity contribution in [3.63, 3.8) is 0 Å². The first-order valence-electron chi connectivity index (χ1n) is 8.89. The van der Waals surface area contributed by atoms with E-state index in [0.29, 0.717) is 6.61 Å². The van der Waals surface area contributed by atoms with Gasteiger partial charge in [-0.05, 0) is 32.0 Å². The highest BCUT2D eigenvalue weighted by molar-refractivity contribution is 5.89. The molecule has 26 heavy (non-hydrogen) atoms. The maximum Gasteiger partial charge on any atom is 0.159 e. The van der Waals surface area contributed by atoms with Gasteiger partial charge in [-0.25, -0.2) is 4.98 Å². The zero-order chi connectivity index (χ0) is 18.1. The summed E-state index contributed by atoms with van der Waals surface area (Å²) in [6, 6.07) is 11.9. The molecule has 0 saturated carbocycles. The summed E-state index contributed by atoms with van der Waals surface area (Å²) in [4.78, 5) is 6.80. The number of anilines is 1. The van der Waals surface area contributed by atoms with Crippen LogP contribution in [0.4, 0.5) is 5.69 Å². The molecule has 1 aliphatic rings. The Morgan fingerprint density at radius 3 is 2.85 bits per heavy atom. The summed E-state index contributed by atoms with van der Waals surface area (Å²) in [5.41, 5.74) is 1.77. The number of aromatic nitrogens is 3. The molecule has 0 bridgehead atoms. The average Bonchev–Trinajstić information content (AvgIpc) is 3.01. The summed E-state index contributed by atoms with van der Waals surface area (Å²) in [6.07, 6.45) is 3.71. The molecule has 1 fully saturated rings. The molecule has 4 rings (SSSR count). The smallest absolute Gasteiger partial charge is 0.159 e. The summed E-state index contributed by atoms with van der Waals surface area (Å²) in [5.74, 6) is 0.865. The Labute approximate surface area is 153 Å². The van der Waals surface area contributed by atoms with Gasteiger partial charge < -0.3 is 14.4 Å². The van der Waals surface area contributed by atoms with Crippen LogP contribution in [-0.2, 0) is 11.8 Å². The number of ether oxygens (including phenoxy) is 2. The van der Waals surface area contributed by atoms with Gasteiger partial charge in [0.25, 0.3) is 0 Å². The van der Waals surface area contributed by atoms with Crippen molar-refractivity contribution >= 4 is 16.7 Å². The van der Waals surface area contributed by atoms with Crippen LogP contribution in [0.1, 0.15) is 13.8 Å². The van der Waals surface area contributed by atoms with E-state index in [1.165, 1.54) is 0 Å². The summed E-state index contributed by atoms with van der Waals surface area (Å²) >= 11 is 0. The topological polar surface area (TPSA) is 52.4 Å². The number of hydrogen-bond donors (Lipinski definition) is 0. The molecule has 3 heterocycles. The van der Waals surface area contributed by atoms with Crippen molar-refractivity contribution in [1.82, 2.24) is 14.8 Å². The number of rotatable bonds is 4. The van der Waals surface area contributed by atoms with Crippen LogP contribution >= 0.6 is 0 Å². The molecule has 0 aliphatic carbocycles. The molecule has 1 aromatic carbocycles.